The minimum Gasteiger partial charge on any atom is -0.473 e. The van der Waals surface area contributed by atoms with Crippen LogP contribution in [0.5, 0.6) is 0 Å². The molecule has 1 aliphatic heterocycles. The molecule has 9 nitrogen and oxygen atoms in total. The molecule has 1 amide bonds. The highest BCUT2D eigenvalue weighted by Gasteiger charge is 2.26. The average Bonchev–Trinajstić information content (AvgIpc) is 2.99. The van der Waals surface area contributed by atoms with Gasteiger partial charge in [-0.25, -0.2) is 14.6 Å². The van der Waals surface area contributed by atoms with Crippen LogP contribution >= 0.6 is 11.6 Å². The molecular formula is C31H35ClN4O5. The number of rotatable bonds is 10. The van der Waals surface area contributed by atoms with Crippen LogP contribution in [0.2, 0.25) is 5.15 Å². The molecule has 1 aliphatic rings. The second-order valence-corrected chi connectivity index (χ2v) is 9.78. The Morgan fingerprint density at radius 2 is 1.44 bits per heavy atom. The van der Waals surface area contributed by atoms with Crippen LogP contribution in [0.1, 0.15) is 35.6 Å². The first-order valence-electron chi connectivity index (χ1n) is 13.4. The molecule has 0 aliphatic carbocycles. The summed E-state index contributed by atoms with van der Waals surface area (Å²) >= 11 is 6.01. The highest BCUT2D eigenvalue weighted by Crippen LogP contribution is 2.29. The zero-order chi connectivity index (χ0) is 29.5. The Hall–Kier alpha value is -4.05. The van der Waals surface area contributed by atoms with Crippen molar-refractivity contribution in [3.63, 3.8) is 0 Å². The zero-order valence-corrected chi connectivity index (χ0v) is 23.5. The summed E-state index contributed by atoms with van der Waals surface area (Å²) in [4.78, 5) is 39.4. The lowest BCUT2D eigenvalue weighted by Crippen LogP contribution is -2.48. The van der Waals surface area contributed by atoms with E-state index in [0.29, 0.717) is 17.7 Å². The normalized spacial score (nSPS) is 13.9. The SMILES string of the molecule is O=C(/C=C/c1cccnc1Cl)NCCCCN1CCN(C(c2ccccc2)c2ccccc2)CC1.O=C(O)C(=O)O. The first-order valence-corrected chi connectivity index (χ1v) is 13.8. The fourth-order valence-corrected chi connectivity index (χ4v) is 4.73. The van der Waals surface area contributed by atoms with Crippen LogP contribution in [-0.2, 0) is 14.4 Å². The fourth-order valence-electron chi connectivity index (χ4n) is 4.55. The third kappa shape index (κ3) is 10.8. The number of carbonyl (C=O) groups is 3. The van der Waals surface area contributed by atoms with Crippen molar-refractivity contribution in [3.8, 4) is 0 Å². The van der Waals surface area contributed by atoms with Gasteiger partial charge in [0, 0.05) is 50.6 Å². The van der Waals surface area contributed by atoms with E-state index in [2.05, 4.69) is 80.8 Å². The number of nitrogens with one attached hydrogen (secondary N) is 1. The van der Waals surface area contributed by atoms with Gasteiger partial charge in [-0.1, -0.05) is 78.3 Å². The predicted molar refractivity (Wildman–Crippen MR) is 159 cm³/mol. The van der Waals surface area contributed by atoms with Crippen molar-refractivity contribution < 1.29 is 24.6 Å². The number of benzene rings is 2. The number of unbranched alkanes of at least 4 members (excludes halogenated alkanes) is 1. The van der Waals surface area contributed by atoms with Gasteiger partial charge in [-0.15, -0.1) is 0 Å². The van der Waals surface area contributed by atoms with Crippen LogP contribution in [0.3, 0.4) is 0 Å². The van der Waals surface area contributed by atoms with Crippen LogP contribution in [0.4, 0.5) is 0 Å². The second-order valence-electron chi connectivity index (χ2n) is 9.43. The van der Waals surface area contributed by atoms with Crippen molar-refractivity contribution in [1.82, 2.24) is 20.1 Å². The average molecular weight is 579 g/mol. The van der Waals surface area contributed by atoms with Gasteiger partial charge < -0.3 is 20.4 Å². The number of pyridine rings is 1. The Bertz CT molecular complexity index is 1230. The lowest BCUT2D eigenvalue weighted by molar-refractivity contribution is -0.159. The van der Waals surface area contributed by atoms with Gasteiger partial charge in [0.2, 0.25) is 5.91 Å². The summed E-state index contributed by atoms with van der Waals surface area (Å²) in [6.45, 7) is 5.97. The third-order valence-corrected chi connectivity index (χ3v) is 6.90. The predicted octanol–water partition coefficient (Wildman–Crippen LogP) is 4.21. The molecule has 0 spiro atoms. The van der Waals surface area contributed by atoms with Gasteiger partial charge in [-0.3, -0.25) is 9.69 Å². The maximum absolute atomic E-state index is 12.0. The number of aliphatic carboxylic acids is 2. The van der Waals surface area contributed by atoms with Crippen molar-refractivity contribution >= 4 is 35.5 Å². The van der Waals surface area contributed by atoms with Crippen molar-refractivity contribution in [2.24, 2.45) is 0 Å². The van der Waals surface area contributed by atoms with Gasteiger partial charge in [0.25, 0.3) is 0 Å². The molecular weight excluding hydrogens is 544 g/mol. The molecule has 3 N–H and O–H groups in total. The molecule has 41 heavy (non-hydrogen) atoms. The van der Waals surface area contributed by atoms with E-state index in [1.165, 1.54) is 17.2 Å². The molecule has 3 aromatic rings. The molecule has 2 heterocycles. The number of piperazine rings is 1. The van der Waals surface area contributed by atoms with E-state index >= 15 is 0 Å². The van der Waals surface area contributed by atoms with Gasteiger partial charge in [0.15, 0.2) is 0 Å². The van der Waals surface area contributed by atoms with Gasteiger partial charge >= 0.3 is 11.9 Å². The lowest BCUT2D eigenvalue weighted by atomic mass is 9.96. The number of aromatic nitrogens is 1. The van der Waals surface area contributed by atoms with E-state index in [4.69, 9.17) is 31.4 Å². The van der Waals surface area contributed by atoms with Crippen LogP contribution < -0.4 is 5.32 Å². The molecule has 1 saturated heterocycles. The van der Waals surface area contributed by atoms with E-state index < -0.39 is 11.9 Å². The Morgan fingerprint density at radius 1 is 0.854 bits per heavy atom. The minimum absolute atomic E-state index is 0.105. The van der Waals surface area contributed by atoms with E-state index in [-0.39, 0.29) is 5.91 Å². The summed E-state index contributed by atoms with van der Waals surface area (Å²) in [6, 6.07) is 25.5. The lowest BCUT2D eigenvalue weighted by Gasteiger charge is -2.39. The van der Waals surface area contributed by atoms with Crippen molar-refractivity contribution in [1.29, 1.82) is 0 Å². The number of carboxylic acid groups (broad SMARTS) is 2. The van der Waals surface area contributed by atoms with Crippen molar-refractivity contribution in [3.05, 3.63) is 107 Å². The van der Waals surface area contributed by atoms with E-state index in [0.717, 1.165) is 51.1 Å². The summed E-state index contributed by atoms with van der Waals surface area (Å²) in [6.07, 6.45) is 6.87. The Balaban J connectivity index is 0.000000696. The highest BCUT2D eigenvalue weighted by atomic mass is 35.5. The van der Waals surface area contributed by atoms with Gasteiger partial charge in [0.1, 0.15) is 5.15 Å². The van der Waals surface area contributed by atoms with Gasteiger partial charge in [0.05, 0.1) is 6.04 Å². The molecule has 0 radical (unpaired) electrons. The summed E-state index contributed by atoms with van der Waals surface area (Å²) in [5, 5.41) is 18.1. The first-order chi connectivity index (χ1) is 19.8. The molecule has 4 rings (SSSR count). The molecule has 0 bridgehead atoms. The van der Waals surface area contributed by atoms with E-state index in [9.17, 15) is 4.79 Å². The molecule has 2 aromatic carbocycles. The second kappa shape index (κ2) is 16.9. The largest absolute Gasteiger partial charge is 0.473 e. The number of carbonyl (C=O) groups excluding carboxylic acids is 1. The maximum atomic E-state index is 12.0. The molecule has 10 heteroatoms. The standard InChI is InChI=1S/C29H33ClN4O.C2H2O4/c30-29-26(14-9-18-32-29)15-16-27(35)31-17-7-8-19-33-20-22-34(23-21-33)28(24-10-3-1-4-11-24)25-12-5-2-6-13-25;3-1(4)2(5)6/h1-6,9-16,18,28H,7-8,17,19-23H2,(H,31,35);(H,3,4)(H,5,6)/b16-15+;. The zero-order valence-electron chi connectivity index (χ0n) is 22.7. The summed E-state index contributed by atoms with van der Waals surface area (Å²) in [5.74, 6) is -3.75. The van der Waals surface area contributed by atoms with Gasteiger partial charge in [-0.2, -0.15) is 0 Å². The first kappa shape index (κ1) is 31.5. The topological polar surface area (TPSA) is 123 Å². The molecule has 216 valence electrons. The smallest absolute Gasteiger partial charge is 0.414 e. The van der Waals surface area contributed by atoms with Crippen LogP contribution in [-0.4, -0.2) is 82.1 Å². The molecule has 1 fully saturated rings. The quantitative estimate of drug-likeness (QED) is 0.141. The Kier molecular flexibility index (Phi) is 13.0. The van der Waals surface area contributed by atoms with Crippen LogP contribution in [0.25, 0.3) is 6.08 Å². The molecule has 0 saturated carbocycles. The number of halogens is 1. The summed E-state index contributed by atoms with van der Waals surface area (Å²) in [7, 11) is 0. The van der Waals surface area contributed by atoms with Crippen molar-refractivity contribution in [2.45, 2.75) is 18.9 Å². The number of hydrogen-bond donors (Lipinski definition) is 3. The Labute approximate surface area is 245 Å². The van der Waals surface area contributed by atoms with Crippen molar-refractivity contribution in [2.75, 3.05) is 39.3 Å². The minimum atomic E-state index is -1.82. The number of carboxylic acids is 2. The highest BCUT2D eigenvalue weighted by molar-refractivity contribution is 6.30. The van der Waals surface area contributed by atoms with Crippen LogP contribution in [0, 0.1) is 0 Å². The molecule has 0 unspecified atom stereocenters. The Morgan fingerprint density at radius 3 is 1.98 bits per heavy atom. The fraction of sp³-hybridized carbons (Fsp3) is 0.290. The number of nitrogens with zero attached hydrogens (tertiary/aromatic N) is 3. The summed E-state index contributed by atoms with van der Waals surface area (Å²) < 4.78 is 0. The number of hydrogen-bond acceptors (Lipinski definition) is 6. The maximum Gasteiger partial charge on any atom is 0.414 e. The molecule has 1 aromatic heterocycles. The van der Waals surface area contributed by atoms with Crippen LogP contribution in [0.15, 0.2) is 85.1 Å². The monoisotopic (exact) mass is 578 g/mol. The van der Waals surface area contributed by atoms with E-state index in [1.54, 1.807) is 18.3 Å². The summed E-state index contributed by atoms with van der Waals surface area (Å²) in [5.41, 5.74) is 3.44. The third-order valence-electron chi connectivity index (χ3n) is 6.59. The molecule has 0 atom stereocenters. The van der Waals surface area contributed by atoms with Gasteiger partial charge in [-0.05, 0) is 42.7 Å². The van der Waals surface area contributed by atoms with E-state index in [1.807, 2.05) is 6.07 Å². The number of amides is 1.